The second-order valence-electron chi connectivity index (χ2n) is 3.95. The minimum absolute atomic E-state index is 0.136. The number of hydrogen-bond donors (Lipinski definition) is 1. The van der Waals surface area contributed by atoms with Gasteiger partial charge in [-0.15, -0.1) is 0 Å². The van der Waals surface area contributed by atoms with Gasteiger partial charge in [-0.3, -0.25) is 14.9 Å². The van der Waals surface area contributed by atoms with Crippen molar-refractivity contribution in [2.75, 3.05) is 18.5 Å². The lowest BCUT2D eigenvalue weighted by Gasteiger charge is -2.09. The molecule has 0 saturated heterocycles. The molecule has 0 saturated carbocycles. The van der Waals surface area contributed by atoms with Crippen molar-refractivity contribution in [3.8, 4) is 0 Å². The lowest BCUT2D eigenvalue weighted by atomic mass is 10.1. The molecular formula is C13H13N3O4. The van der Waals surface area contributed by atoms with Crippen LogP contribution < -0.4 is 5.32 Å². The number of nitrogens with zero attached hydrogens (tertiary/aromatic N) is 2. The largest absolute Gasteiger partial charge is 0.465 e. The van der Waals surface area contributed by atoms with E-state index in [-0.39, 0.29) is 24.5 Å². The van der Waals surface area contributed by atoms with Crippen molar-refractivity contribution in [2.45, 2.75) is 6.92 Å². The second-order valence-corrected chi connectivity index (χ2v) is 3.95. The van der Waals surface area contributed by atoms with Gasteiger partial charge in [0.2, 0.25) is 0 Å². The quantitative estimate of drug-likeness (QED) is 0.510. The van der Waals surface area contributed by atoms with Crippen molar-refractivity contribution < 1.29 is 14.5 Å². The average molecular weight is 275 g/mol. The first-order chi connectivity index (χ1) is 9.63. The van der Waals surface area contributed by atoms with Crippen LogP contribution in [0.5, 0.6) is 0 Å². The smallest absolute Gasteiger partial charge is 0.325 e. The van der Waals surface area contributed by atoms with Crippen molar-refractivity contribution >= 4 is 28.2 Å². The topological polar surface area (TPSA) is 94.4 Å². The number of aromatic nitrogens is 1. The van der Waals surface area contributed by atoms with Crippen molar-refractivity contribution in [2.24, 2.45) is 0 Å². The SMILES string of the molecule is CCOC(=O)CNc1c([N+](=O)[O-])cnc2ccccc12. The Hall–Kier alpha value is -2.70. The first-order valence-electron chi connectivity index (χ1n) is 6.05. The van der Waals surface area contributed by atoms with E-state index in [1.54, 1.807) is 31.2 Å². The van der Waals surface area contributed by atoms with Crippen LogP contribution >= 0.6 is 0 Å². The summed E-state index contributed by atoms with van der Waals surface area (Å²) in [4.78, 5) is 25.9. The molecule has 0 bridgehead atoms. The number of para-hydroxylation sites is 1. The maximum Gasteiger partial charge on any atom is 0.325 e. The summed E-state index contributed by atoms with van der Waals surface area (Å²) < 4.78 is 4.79. The van der Waals surface area contributed by atoms with Gasteiger partial charge in [0.15, 0.2) is 0 Å². The number of nitrogens with one attached hydrogen (secondary N) is 1. The normalized spacial score (nSPS) is 10.2. The van der Waals surface area contributed by atoms with Crippen LogP contribution in [0.1, 0.15) is 6.92 Å². The Morgan fingerprint density at radius 3 is 2.90 bits per heavy atom. The molecule has 1 aromatic carbocycles. The molecule has 0 aliphatic heterocycles. The molecule has 1 heterocycles. The standard InChI is InChI=1S/C13H13N3O4/c1-2-20-12(17)8-15-13-9-5-3-4-6-10(9)14-7-11(13)16(18)19/h3-7H,2,8H2,1H3,(H,14,15). The highest BCUT2D eigenvalue weighted by Gasteiger charge is 2.18. The zero-order valence-electron chi connectivity index (χ0n) is 10.8. The Kier molecular flexibility index (Phi) is 4.09. The summed E-state index contributed by atoms with van der Waals surface area (Å²) in [5.41, 5.74) is 0.714. The van der Waals surface area contributed by atoms with Gasteiger partial charge in [0.1, 0.15) is 18.4 Å². The van der Waals surface area contributed by atoms with Crippen LogP contribution in [0, 0.1) is 10.1 Å². The third-order valence-corrected chi connectivity index (χ3v) is 2.67. The summed E-state index contributed by atoms with van der Waals surface area (Å²) in [6.45, 7) is 1.82. The summed E-state index contributed by atoms with van der Waals surface area (Å²) >= 11 is 0. The van der Waals surface area contributed by atoms with Crippen molar-refractivity contribution in [1.29, 1.82) is 0 Å². The van der Waals surface area contributed by atoms with Crippen molar-refractivity contribution in [3.63, 3.8) is 0 Å². The molecule has 1 aromatic heterocycles. The molecule has 0 aliphatic rings. The van der Waals surface area contributed by atoms with E-state index in [4.69, 9.17) is 4.74 Å². The molecule has 2 aromatic rings. The lowest BCUT2D eigenvalue weighted by molar-refractivity contribution is -0.384. The maximum absolute atomic E-state index is 11.4. The predicted molar refractivity (Wildman–Crippen MR) is 73.5 cm³/mol. The molecule has 0 atom stereocenters. The number of hydrogen-bond acceptors (Lipinski definition) is 6. The Balaban J connectivity index is 2.39. The van der Waals surface area contributed by atoms with E-state index in [0.29, 0.717) is 10.9 Å². The number of carbonyl (C=O) groups is 1. The highest BCUT2D eigenvalue weighted by atomic mass is 16.6. The van der Waals surface area contributed by atoms with E-state index in [1.165, 1.54) is 6.20 Å². The number of pyridine rings is 1. The zero-order valence-corrected chi connectivity index (χ0v) is 10.8. The summed E-state index contributed by atoms with van der Waals surface area (Å²) in [6, 6.07) is 7.00. The molecule has 20 heavy (non-hydrogen) atoms. The summed E-state index contributed by atoms with van der Waals surface area (Å²) in [7, 11) is 0. The van der Waals surface area contributed by atoms with E-state index < -0.39 is 10.9 Å². The summed E-state index contributed by atoms with van der Waals surface area (Å²) in [5, 5.41) is 14.4. The number of nitro groups is 1. The number of esters is 1. The third-order valence-electron chi connectivity index (χ3n) is 2.67. The predicted octanol–water partition coefficient (Wildman–Crippen LogP) is 2.12. The molecule has 0 fully saturated rings. The fourth-order valence-corrected chi connectivity index (χ4v) is 1.83. The molecule has 7 nitrogen and oxygen atoms in total. The Morgan fingerprint density at radius 1 is 1.45 bits per heavy atom. The van der Waals surface area contributed by atoms with Gasteiger partial charge in [-0.25, -0.2) is 4.98 Å². The highest BCUT2D eigenvalue weighted by Crippen LogP contribution is 2.31. The van der Waals surface area contributed by atoms with Crippen LogP contribution in [0.3, 0.4) is 0 Å². The number of anilines is 1. The molecule has 7 heteroatoms. The summed E-state index contributed by atoms with van der Waals surface area (Å²) in [6.07, 6.45) is 1.18. The molecular weight excluding hydrogens is 262 g/mol. The second kappa shape index (κ2) is 5.96. The van der Waals surface area contributed by atoms with Gasteiger partial charge in [0.25, 0.3) is 0 Å². The minimum Gasteiger partial charge on any atom is -0.465 e. The number of fused-ring (bicyclic) bond motifs is 1. The third kappa shape index (κ3) is 2.82. The van der Waals surface area contributed by atoms with Crippen LogP contribution in [0.4, 0.5) is 11.4 Å². The van der Waals surface area contributed by atoms with Gasteiger partial charge in [0, 0.05) is 5.39 Å². The Bertz CT molecular complexity index is 657. The zero-order chi connectivity index (χ0) is 14.5. The molecule has 1 N–H and O–H groups in total. The Labute approximate surface area is 114 Å². The molecule has 0 amide bonds. The first kappa shape index (κ1) is 13.7. The van der Waals surface area contributed by atoms with Crippen molar-refractivity contribution in [1.82, 2.24) is 4.98 Å². The number of rotatable bonds is 5. The van der Waals surface area contributed by atoms with Crippen LogP contribution in [0.15, 0.2) is 30.5 Å². The molecule has 0 aliphatic carbocycles. The van der Waals surface area contributed by atoms with E-state index in [0.717, 1.165) is 0 Å². The minimum atomic E-state index is -0.535. The van der Waals surface area contributed by atoms with E-state index >= 15 is 0 Å². The van der Waals surface area contributed by atoms with E-state index in [9.17, 15) is 14.9 Å². The van der Waals surface area contributed by atoms with Crippen LogP contribution in [-0.4, -0.2) is 29.0 Å². The van der Waals surface area contributed by atoms with E-state index in [2.05, 4.69) is 10.3 Å². The lowest BCUT2D eigenvalue weighted by Crippen LogP contribution is -2.17. The number of carbonyl (C=O) groups excluding carboxylic acids is 1. The first-order valence-corrected chi connectivity index (χ1v) is 6.05. The van der Waals surface area contributed by atoms with Gasteiger partial charge in [0.05, 0.1) is 17.0 Å². The van der Waals surface area contributed by atoms with Crippen LogP contribution in [-0.2, 0) is 9.53 Å². The maximum atomic E-state index is 11.4. The molecule has 0 radical (unpaired) electrons. The van der Waals surface area contributed by atoms with Gasteiger partial charge in [-0.1, -0.05) is 18.2 Å². The molecule has 2 rings (SSSR count). The van der Waals surface area contributed by atoms with E-state index in [1.807, 2.05) is 0 Å². The van der Waals surface area contributed by atoms with Gasteiger partial charge in [-0.2, -0.15) is 0 Å². The number of benzene rings is 1. The molecule has 0 unspecified atom stereocenters. The van der Waals surface area contributed by atoms with Crippen molar-refractivity contribution in [3.05, 3.63) is 40.6 Å². The van der Waals surface area contributed by atoms with Crippen LogP contribution in [0.2, 0.25) is 0 Å². The highest BCUT2D eigenvalue weighted by molar-refractivity contribution is 5.96. The monoisotopic (exact) mass is 275 g/mol. The van der Waals surface area contributed by atoms with Gasteiger partial charge < -0.3 is 10.1 Å². The molecule has 104 valence electrons. The Morgan fingerprint density at radius 2 is 2.20 bits per heavy atom. The summed E-state index contributed by atoms with van der Waals surface area (Å²) in [5.74, 6) is -0.470. The average Bonchev–Trinajstić information content (AvgIpc) is 2.44. The number of ether oxygens (including phenoxy) is 1. The fourth-order valence-electron chi connectivity index (χ4n) is 1.83. The van der Waals surface area contributed by atoms with Gasteiger partial charge in [-0.05, 0) is 13.0 Å². The van der Waals surface area contributed by atoms with Crippen LogP contribution in [0.25, 0.3) is 10.9 Å². The van der Waals surface area contributed by atoms with Gasteiger partial charge >= 0.3 is 11.7 Å². The fraction of sp³-hybridized carbons (Fsp3) is 0.231. The molecule has 0 spiro atoms.